The summed E-state index contributed by atoms with van der Waals surface area (Å²) < 4.78 is 23.4. The first kappa shape index (κ1) is 12.8. The van der Waals surface area contributed by atoms with Crippen molar-refractivity contribution in [3.63, 3.8) is 0 Å². The van der Waals surface area contributed by atoms with Crippen LogP contribution in [0.3, 0.4) is 0 Å². The Morgan fingerprint density at radius 2 is 2.39 bits per heavy atom. The molecule has 6 nitrogen and oxygen atoms in total. The Hall–Kier alpha value is -1.60. The molecule has 0 saturated carbocycles. The summed E-state index contributed by atoms with van der Waals surface area (Å²) in [7, 11) is 0. The largest absolute Gasteiger partial charge is 0.492 e. The van der Waals surface area contributed by atoms with Gasteiger partial charge >= 0.3 is 0 Å². The average molecular weight is 269 g/mol. The SMILES string of the molecule is CC(CO)COc1cccc2c1C(N)=NS(=O)N2. The minimum Gasteiger partial charge on any atom is -0.492 e. The molecule has 0 amide bonds. The van der Waals surface area contributed by atoms with Crippen LogP contribution in [0.1, 0.15) is 12.5 Å². The Kier molecular flexibility index (Phi) is 3.83. The van der Waals surface area contributed by atoms with Crippen molar-refractivity contribution < 1.29 is 14.1 Å². The van der Waals surface area contributed by atoms with Gasteiger partial charge in [0.15, 0.2) is 0 Å². The Labute approximate surface area is 108 Å². The van der Waals surface area contributed by atoms with E-state index in [1.807, 2.05) is 6.92 Å². The molecular weight excluding hydrogens is 254 g/mol. The van der Waals surface area contributed by atoms with Gasteiger partial charge in [0.05, 0.1) is 17.9 Å². The summed E-state index contributed by atoms with van der Waals surface area (Å²) in [6.45, 7) is 2.31. The lowest BCUT2D eigenvalue weighted by molar-refractivity contribution is 0.174. The maximum absolute atomic E-state index is 11.3. The molecule has 1 aromatic rings. The number of rotatable bonds is 4. The number of hydrogen-bond acceptors (Lipinski definition) is 4. The van der Waals surface area contributed by atoms with Gasteiger partial charge in [-0.15, -0.1) is 0 Å². The third kappa shape index (κ3) is 2.62. The number of nitrogens with zero attached hydrogens (tertiary/aromatic N) is 1. The summed E-state index contributed by atoms with van der Waals surface area (Å²) in [5.74, 6) is 0.789. The maximum atomic E-state index is 11.3. The highest BCUT2D eigenvalue weighted by atomic mass is 32.2. The second-order valence-corrected chi connectivity index (χ2v) is 4.99. The zero-order valence-electron chi connectivity index (χ0n) is 9.92. The van der Waals surface area contributed by atoms with E-state index in [4.69, 9.17) is 15.6 Å². The average Bonchev–Trinajstić information content (AvgIpc) is 2.35. The normalized spacial score (nSPS) is 19.4. The number of aliphatic hydroxyl groups is 1. The highest BCUT2D eigenvalue weighted by molar-refractivity contribution is 7.85. The van der Waals surface area contributed by atoms with E-state index in [0.717, 1.165) is 0 Å². The van der Waals surface area contributed by atoms with Crippen molar-refractivity contribution >= 4 is 22.7 Å². The van der Waals surface area contributed by atoms with Crippen LogP contribution in [-0.4, -0.2) is 28.4 Å². The topological polar surface area (TPSA) is 96.9 Å². The monoisotopic (exact) mass is 269 g/mol. The predicted molar refractivity (Wildman–Crippen MR) is 70.7 cm³/mol. The number of nitrogens with one attached hydrogen (secondary N) is 1. The molecule has 4 N–H and O–H groups in total. The molecule has 98 valence electrons. The number of benzene rings is 1. The third-order valence-corrected chi connectivity index (χ3v) is 3.25. The van der Waals surface area contributed by atoms with Crippen molar-refractivity contribution in [1.82, 2.24) is 0 Å². The van der Waals surface area contributed by atoms with Gasteiger partial charge in [0.2, 0.25) is 11.2 Å². The molecule has 0 aromatic heterocycles. The molecule has 1 aliphatic rings. The van der Waals surface area contributed by atoms with E-state index in [9.17, 15) is 4.21 Å². The Morgan fingerprint density at radius 3 is 3.11 bits per heavy atom. The van der Waals surface area contributed by atoms with Crippen LogP contribution in [0.4, 0.5) is 5.69 Å². The molecule has 1 aromatic carbocycles. The van der Waals surface area contributed by atoms with Gasteiger partial charge in [-0.3, -0.25) is 4.72 Å². The molecule has 0 saturated heterocycles. The molecule has 18 heavy (non-hydrogen) atoms. The van der Waals surface area contributed by atoms with E-state index in [1.165, 1.54) is 0 Å². The molecular formula is C11H15N3O3S. The fourth-order valence-electron chi connectivity index (χ4n) is 1.54. The van der Waals surface area contributed by atoms with Crippen LogP contribution in [0, 0.1) is 5.92 Å². The molecule has 0 spiro atoms. The van der Waals surface area contributed by atoms with Gasteiger partial charge < -0.3 is 15.6 Å². The third-order valence-electron chi connectivity index (χ3n) is 2.50. The first-order valence-corrected chi connectivity index (χ1v) is 6.62. The van der Waals surface area contributed by atoms with Crippen molar-refractivity contribution in [1.29, 1.82) is 0 Å². The van der Waals surface area contributed by atoms with Crippen LogP contribution in [0.2, 0.25) is 0 Å². The van der Waals surface area contributed by atoms with Crippen LogP contribution in [0.5, 0.6) is 5.75 Å². The van der Waals surface area contributed by atoms with Crippen molar-refractivity contribution in [3.05, 3.63) is 23.8 Å². The summed E-state index contributed by atoms with van der Waals surface area (Å²) in [6.07, 6.45) is 0. The summed E-state index contributed by atoms with van der Waals surface area (Å²) in [5, 5.41) is 8.96. The molecule has 0 bridgehead atoms. The lowest BCUT2D eigenvalue weighted by Gasteiger charge is -2.19. The highest BCUT2D eigenvalue weighted by Gasteiger charge is 2.20. The first-order chi connectivity index (χ1) is 8.61. The summed E-state index contributed by atoms with van der Waals surface area (Å²) in [6, 6.07) is 5.30. The van der Waals surface area contributed by atoms with E-state index in [-0.39, 0.29) is 18.4 Å². The predicted octanol–water partition coefficient (Wildman–Crippen LogP) is 0.403. The first-order valence-electron chi connectivity index (χ1n) is 5.51. The summed E-state index contributed by atoms with van der Waals surface area (Å²) in [5.41, 5.74) is 7.01. The zero-order chi connectivity index (χ0) is 13.1. The van der Waals surface area contributed by atoms with Crippen LogP contribution in [0.25, 0.3) is 0 Å². The molecule has 0 radical (unpaired) electrons. The molecule has 1 heterocycles. The van der Waals surface area contributed by atoms with E-state index in [0.29, 0.717) is 23.6 Å². The van der Waals surface area contributed by atoms with Crippen LogP contribution in [0.15, 0.2) is 22.6 Å². The van der Waals surface area contributed by atoms with E-state index < -0.39 is 11.2 Å². The lowest BCUT2D eigenvalue weighted by Crippen LogP contribution is -2.24. The molecule has 2 atom stereocenters. The van der Waals surface area contributed by atoms with Gasteiger partial charge in [0.1, 0.15) is 11.6 Å². The molecule has 0 fully saturated rings. The van der Waals surface area contributed by atoms with Crippen LogP contribution >= 0.6 is 0 Å². The standard InChI is InChI=1S/C11H15N3O3S/c1-7(5-15)6-17-9-4-2-3-8-10(9)11(12)14-18(16)13-8/h2-4,7,13,15H,5-6H2,1H3,(H2,12,14). The maximum Gasteiger partial charge on any atom is 0.245 e. The smallest absolute Gasteiger partial charge is 0.245 e. The quantitative estimate of drug-likeness (QED) is 0.737. The van der Waals surface area contributed by atoms with Crippen molar-refractivity contribution in [2.24, 2.45) is 16.0 Å². The number of ether oxygens (including phenoxy) is 1. The van der Waals surface area contributed by atoms with Gasteiger partial charge in [-0.2, -0.15) is 4.40 Å². The minimum atomic E-state index is -1.54. The lowest BCUT2D eigenvalue weighted by atomic mass is 10.1. The fourth-order valence-corrected chi connectivity index (χ4v) is 2.21. The molecule has 2 unspecified atom stereocenters. The second-order valence-electron chi connectivity index (χ2n) is 4.11. The fraction of sp³-hybridized carbons (Fsp3) is 0.364. The molecule has 7 heteroatoms. The molecule has 1 aliphatic heterocycles. The minimum absolute atomic E-state index is 0.0321. The van der Waals surface area contributed by atoms with E-state index in [2.05, 4.69) is 9.12 Å². The highest BCUT2D eigenvalue weighted by Crippen LogP contribution is 2.29. The van der Waals surface area contributed by atoms with Crippen LogP contribution in [-0.2, 0) is 11.2 Å². The van der Waals surface area contributed by atoms with Gasteiger partial charge in [0, 0.05) is 12.5 Å². The van der Waals surface area contributed by atoms with Gasteiger partial charge in [0.25, 0.3) is 0 Å². The Morgan fingerprint density at radius 1 is 1.61 bits per heavy atom. The van der Waals surface area contributed by atoms with Crippen molar-refractivity contribution in [2.75, 3.05) is 17.9 Å². The molecule has 0 aliphatic carbocycles. The van der Waals surface area contributed by atoms with Crippen molar-refractivity contribution in [3.8, 4) is 5.75 Å². The van der Waals surface area contributed by atoms with Gasteiger partial charge in [-0.05, 0) is 12.1 Å². The van der Waals surface area contributed by atoms with Crippen molar-refractivity contribution in [2.45, 2.75) is 6.92 Å². The van der Waals surface area contributed by atoms with Gasteiger partial charge in [-0.25, -0.2) is 4.21 Å². The summed E-state index contributed by atoms with van der Waals surface area (Å²) >= 11 is -1.54. The number of hydrogen-bond donors (Lipinski definition) is 3. The van der Waals surface area contributed by atoms with E-state index in [1.54, 1.807) is 18.2 Å². The Bertz CT molecular complexity index is 504. The van der Waals surface area contributed by atoms with Crippen LogP contribution < -0.4 is 15.2 Å². The number of aliphatic hydroxyl groups excluding tert-OH is 1. The Balaban J connectivity index is 2.27. The molecule has 2 rings (SSSR count). The number of fused-ring (bicyclic) bond motifs is 1. The number of nitrogens with two attached hydrogens (primary N) is 1. The summed E-state index contributed by atoms with van der Waals surface area (Å²) in [4.78, 5) is 0. The second kappa shape index (κ2) is 5.36. The van der Waals surface area contributed by atoms with E-state index >= 15 is 0 Å². The number of anilines is 1. The number of amidine groups is 1. The zero-order valence-corrected chi connectivity index (χ0v) is 10.7. The van der Waals surface area contributed by atoms with Gasteiger partial charge in [-0.1, -0.05) is 13.0 Å².